The van der Waals surface area contributed by atoms with Crippen molar-refractivity contribution in [2.75, 3.05) is 18.0 Å². The van der Waals surface area contributed by atoms with E-state index in [0.717, 1.165) is 37.5 Å². The Morgan fingerprint density at radius 1 is 1.23 bits per heavy atom. The maximum absolute atomic E-state index is 11.9. The Balaban J connectivity index is 1.76. The summed E-state index contributed by atoms with van der Waals surface area (Å²) in [7, 11) is 1.61. The van der Waals surface area contributed by atoms with Crippen molar-refractivity contribution in [2.45, 2.75) is 45.6 Å². The fourth-order valence-corrected chi connectivity index (χ4v) is 3.77. The van der Waals surface area contributed by atoms with Gasteiger partial charge in [-0.15, -0.1) is 0 Å². The number of anilines is 2. The highest BCUT2D eigenvalue weighted by atomic mass is 16.1. The summed E-state index contributed by atoms with van der Waals surface area (Å²) in [4.78, 5) is 15.9. The molecule has 1 aromatic carbocycles. The number of rotatable bonds is 5. The van der Waals surface area contributed by atoms with E-state index in [2.05, 4.69) is 4.90 Å². The van der Waals surface area contributed by atoms with Crippen LogP contribution in [0.4, 0.5) is 11.4 Å². The highest BCUT2D eigenvalue weighted by Crippen LogP contribution is 2.34. The van der Waals surface area contributed by atoms with Gasteiger partial charge in [-0.05, 0) is 68.2 Å². The zero-order chi connectivity index (χ0) is 22.3. The van der Waals surface area contributed by atoms with Crippen molar-refractivity contribution in [1.29, 1.82) is 0 Å². The van der Waals surface area contributed by atoms with Crippen LogP contribution in [0.1, 0.15) is 44.6 Å². The Kier molecular flexibility index (Phi) is 3.28. The molecule has 0 amide bonds. The van der Waals surface area contributed by atoms with E-state index < -0.39 is 19.8 Å². The normalized spacial score (nSPS) is 21.8. The van der Waals surface area contributed by atoms with E-state index in [4.69, 9.17) is 6.85 Å². The smallest absolute Gasteiger partial charge is 0.250 e. The van der Waals surface area contributed by atoms with Gasteiger partial charge >= 0.3 is 0 Å². The van der Waals surface area contributed by atoms with Gasteiger partial charge in [-0.2, -0.15) is 0 Å². The van der Waals surface area contributed by atoms with Crippen molar-refractivity contribution in [2.24, 2.45) is 13.0 Å². The van der Waals surface area contributed by atoms with Gasteiger partial charge < -0.3 is 9.47 Å². The van der Waals surface area contributed by atoms with Gasteiger partial charge in [0, 0.05) is 57.5 Å². The molecule has 4 nitrogen and oxygen atoms in total. The molecule has 2 aromatic rings. The summed E-state index contributed by atoms with van der Waals surface area (Å²) >= 11 is 0. The van der Waals surface area contributed by atoms with Crippen molar-refractivity contribution in [1.82, 2.24) is 9.47 Å². The number of hydrogen-bond donors (Lipinski definition) is 0. The van der Waals surface area contributed by atoms with Crippen LogP contribution in [-0.4, -0.2) is 28.6 Å². The number of pyridine rings is 1. The fourth-order valence-electron chi connectivity index (χ4n) is 3.77. The largest absolute Gasteiger partial charge is 0.338 e. The molecule has 1 aliphatic carbocycles. The van der Waals surface area contributed by atoms with Crippen LogP contribution in [0.25, 0.3) is 0 Å². The number of benzene rings is 1. The standard InChI is InChI=1S/C22H29N3O/c1-16(2)25(21-8-9-22(26)23(3)15-21)20-7-6-18-10-11-24(13-17-4-5-17)14-19(18)12-20/h6-9,12,15-17H,4-5,10-11,13-14H2,1-3H3/i1D2,2D3. The minimum atomic E-state index is -2.54. The summed E-state index contributed by atoms with van der Waals surface area (Å²) < 4.78 is 41.5. The van der Waals surface area contributed by atoms with Crippen LogP contribution in [0.3, 0.4) is 0 Å². The zero-order valence-electron chi connectivity index (χ0n) is 20.2. The minimum absolute atomic E-state index is 0.205. The summed E-state index contributed by atoms with van der Waals surface area (Å²) in [6, 6.07) is 7.50. The highest BCUT2D eigenvalue weighted by molar-refractivity contribution is 5.64. The average Bonchev–Trinajstić information content (AvgIpc) is 3.50. The first kappa shape index (κ1) is 12.3. The van der Waals surface area contributed by atoms with Crippen LogP contribution in [0, 0.1) is 5.92 Å². The van der Waals surface area contributed by atoms with E-state index in [9.17, 15) is 4.79 Å². The molecule has 0 bridgehead atoms. The molecule has 1 atom stereocenters. The lowest BCUT2D eigenvalue weighted by molar-refractivity contribution is 0.244. The van der Waals surface area contributed by atoms with Crippen LogP contribution in [0.2, 0.25) is 0 Å². The molecular weight excluding hydrogens is 322 g/mol. The zero-order valence-corrected chi connectivity index (χ0v) is 15.2. The monoisotopic (exact) mass is 356 g/mol. The molecule has 2 heterocycles. The third kappa shape index (κ3) is 3.56. The topological polar surface area (TPSA) is 28.5 Å². The molecule has 2 aliphatic rings. The number of nitrogens with zero attached hydrogens (tertiary/aromatic N) is 3. The van der Waals surface area contributed by atoms with Crippen LogP contribution in [0.5, 0.6) is 0 Å². The van der Waals surface area contributed by atoms with Gasteiger partial charge in [0.1, 0.15) is 0 Å². The van der Waals surface area contributed by atoms with Crippen molar-refractivity contribution in [3.8, 4) is 0 Å². The van der Waals surface area contributed by atoms with E-state index in [-0.39, 0.29) is 5.56 Å². The molecule has 0 radical (unpaired) electrons. The van der Waals surface area contributed by atoms with Gasteiger partial charge in [0.15, 0.2) is 0 Å². The van der Waals surface area contributed by atoms with E-state index in [1.807, 2.05) is 18.2 Å². The molecule has 1 aliphatic heterocycles. The Labute approximate surface area is 163 Å². The molecule has 0 saturated heterocycles. The third-order valence-corrected chi connectivity index (χ3v) is 5.40. The summed E-state index contributed by atoms with van der Waals surface area (Å²) in [5.41, 5.74) is 3.34. The molecule has 1 unspecified atom stereocenters. The summed E-state index contributed by atoms with van der Waals surface area (Å²) in [6.45, 7) is -1.19. The molecule has 1 saturated carbocycles. The first-order valence-electron chi connectivity index (χ1n) is 11.9. The maximum atomic E-state index is 11.9. The molecule has 4 rings (SSSR count). The van der Waals surface area contributed by atoms with E-state index in [0.29, 0.717) is 11.4 Å². The van der Waals surface area contributed by atoms with E-state index >= 15 is 0 Å². The second-order valence-electron chi connectivity index (χ2n) is 7.53. The van der Waals surface area contributed by atoms with Gasteiger partial charge in [-0.25, -0.2) is 0 Å². The molecule has 1 aromatic heterocycles. The molecule has 138 valence electrons. The molecule has 26 heavy (non-hydrogen) atoms. The summed E-state index contributed by atoms with van der Waals surface area (Å²) in [6.07, 6.45) is 5.14. The van der Waals surface area contributed by atoms with Crippen molar-refractivity contribution >= 4 is 11.4 Å². The maximum Gasteiger partial charge on any atom is 0.250 e. The molecule has 0 N–H and O–H groups in total. The Morgan fingerprint density at radius 2 is 2.08 bits per heavy atom. The predicted molar refractivity (Wildman–Crippen MR) is 107 cm³/mol. The molecule has 0 spiro atoms. The second-order valence-corrected chi connectivity index (χ2v) is 7.53. The lowest BCUT2D eigenvalue weighted by atomic mass is 9.98. The van der Waals surface area contributed by atoms with E-state index in [1.165, 1.54) is 33.9 Å². The lowest BCUT2D eigenvalue weighted by Gasteiger charge is -2.33. The quantitative estimate of drug-likeness (QED) is 0.818. The SMILES string of the molecule is [2H]C([2H])C(N(c1ccc2c(c1)CN(CC1CC1)CC2)c1ccc(=O)n(C)c1)C([2H])([2H])[2H]. The number of hydrogen-bond acceptors (Lipinski definition) is 3. The Morgan fingerprint density at radius 3 is 2.81 bits per heavy atom. The first-order chi connectivity index (χ1) is 14.6. The average molecular weight is 357 g/mol. The molecule has 1 fully saturated rings. The lowest BCUT2D eigenvalue weighted by Crippen LogP contribution is -2.33. The Bertz CT molecular complexity index is 999. The predicted octanol–water partition coefficient (Wildman–Crippen LogP) is 3.70. The number of aryl methyl sites for hydroxylation is 1. The summed E-state index contributed by atoms with van der Waals surface area (Å²) in [5, 5.41) is 0. The summed E-state index contributed by atoms with van der Waals surface area (Å²) in [5.74, 6) is 0.805. The van der Waals surface area contributed by atoms with Gasteiger partial charge in [0.2, 0.25) is 5.56 Å². The van der Waals surface area contributed by atoms with Crippen molar-refractivity contribution in [3.05, 3.63) is 58.0 Å². The van der Waals surface area contributed by atoms with Gasteiger partial charge in [-0.1, -0.05) is 6.07 Å². The second kappa shape index (κ2) is 6.92. The van der Waals surface area contributed by atoms with Crippen molar-refractivity contribution in [3.63, 3.8) is 0 Å². The van der Waals surface area contributed by atoms with Gasteiger partial charge in [0.05, 0.1) is 5.69 Å². The van der Waals surface area contributed by atoms with E-state index in [1.54, 1.807) is 19.3 Å². The number of aromatic nitrogens is 1. The molecule has 4 heteroatoms. The minimum Gasteiger partial charge on any atom is -0.338 e. The van der Waals surface area contributed by atoms with Crippen LogP contribution < -0.4 is 10.5 Å². The Hall–Kier alpha value is -2.07. The third-order valence-electron chi connectivity index (χ3n) is 5.40. The van der Waals surface area contributed by atoms with Crippen LogP contribution in [0.15, 0.2) is 41.3 Å². The number of fused-ring (bicyclic) bond motifs is 1. The highest BCUT2D eigenvalue weighted by Gasteiger charge is 2.26. The van der Waals surface area contributed by atoms with Crippen LogP contribution in [-0.2, 0) is 20.0 Å². The van der Waals surface area contributed by atoms with Crippen LogP contribution >= 0.6 is 0 Å². The van der Waals surface area contributed by atoms with Crippen molar-refractivity contribution < 1.29 is 6.85 Å². The van der Waals surface area contributed by atoms with Gasteiger partial charge in [0.25, 0.3) is 0 Å². The first-order valence-corrected chi connectivity index (χ1v) is 9.28. The van der Waals surface area contributed by atoms with Gasteiger partial charge in [-0.3, -0.25) is 9.69 Å². The molecular formula is C22H29N3O. The fraction of sp³-hybridized carbons (Fsp3) is 0.500.